The van der Waals surface area contributed by atoms with Crippen molar-refractivity contribution < 1.29 is 9.47 Å². The highest BCUT2D eigenvalue weighted by atomic mass is 16.5. The minimum atomic E-state index is -0.326. The van der Waals surface area contributed by atoms with Gasteiger partial charge in [0.05, 0.1) is 14.2 Å². The molecule has 0 N–H and O–H groups in total. The molecule has 4 aromatic rings. The van der Waals surface area contributed by atoms with E-state index < -0.39 is 0 Å². The Morgan fingerprint density at radius 3 is 2.36 bits per heavy atom. The van der Waals surface area contributed by atoms with Gasteiger partial charge in [-0.1, -0.05) is 19.4 Å². The lowest BCUT2D eigenvalue weighted by molar-refractivity contribution is 0.354. The Labute approximate surface area is 191 Å². The molecule has 1 aromatic carbocycles. The summed E-state index contributed by atoms with van der Waals surface area (Å²) in [5.74, 6) is 2.05. The summed E-state index contributed by atoms with van der Waals surface area (Å²) in [7, 11) is 4.92. The van der Waals surface area contributed by atoms with Gasteiger partial charge in [-0.15, -0.1) is 0 Å². The molecule has 0 aliphatic carbocycles. The van der Waals surface area contributed by atoms with Crippen molar-refractivity contribution in [1.82, 2.24) is 23.1 Å². The first-order valence-corrected chi connectivity index (χ1v) is 11.2. The fourth-order valence-corrected chi connectivity index (χ4v) is 4.37. The normalized spacial score (nSPS) is 11.6. The molecule has 9 nitrogen and oxygen atoms in total. The van der Waals surface area contributed by atoms with Gasteiger partial charge in [-0.3, -0.25) is 18.3 Å². The van der Waals surface area contributed by atoms with Crippen molar-refractivity contribution >= 4 is 16.9 Å². The van der Waals surface area contributed by atoms with E-state index in [-0.39, 0.29) is 11.2 Å². The van der Waals surface area contributed by atoms with Crippen LogP contribution in [-0.4, -0.2) is 37.3 Å². The van der Waals surface area contributed by atoms with E-state index >= 15 is 0 Å². The number of benzene rings is 1. The lowest BCUT2D eigenvalue weighted by Crippen LogP contribution is -2.39. The van der Waals surface area contributed by atoms with Crippen LogP contribution in [0.3, 0.4) is 0 Å². The molecule has 3 heterocycles. The van der Waals surface area contributed by atoms with Crippen molar-refractivity contribution in [3.8, 4) is 11.5 Å². The molecule has 3 aromatic heterocycles. The second kappa shape index (κ2) is 8.80. The van der Waals surface area contributed by atoms with Gasteiger partial charge in [-0.2, -0.15) is 4.98 Å². The number of fused-ring (bicyclic) bond motifs is 3. The molecule has 0 saturated carbocycles. The summed E-state index contributed by atoms with van der Waals surface area (Å²) < 4.78 is 17.6. The van der Waals surface area contributed by atoms with E-state index in [1.165, 1.54) is 9.13 Å². The van der Waals surface area contributed by atoms with Crippen LogP contribution in [0.25, 0.3) is 16.9 Å². The van der Waals surface area contributed by atoms with Gasteiger partial charge in [0, 0.05) is 31.5 Å². The van der Waals surface area contributed by atoms with Gasteiger partial charge in [0.25, 0.3) is 5.56 Å². The maximum absolute atomic E-state index is 13.3. The second-order valence-electron chi connectivity index (χ2n) is 8.33. The summed E-state index contributed by atoms with van der Waals surface area (Å²) in [4.78, 5) is 30.9. The molecule has 0 radical (unpaired) electrons. The fraction of sp³-hybridized carbons (Fsp3) is 0.458. The molecular weight excluding hydrogens is 422 g/mol. The zero-order valence-corrected chi connectivity index (χ0v) is 20.1. The van der Waals surface area contributed by atoms with E-state index in [0.717, 1.165) is 36.2 Å². The van der Waals surface area contributed by atoms with Crippen LogP contribution in [0.2, 0.25) is 0 Å². The van der Waals surface area contributed by atoms with Crippen LogP contribution in [0, 0.1) is 13.8 Å². The molecule has 0 unspecified atom stereocenters. The fourth-order valence-electron chi connectivity index (χ4n) is 4.37. The molecule has 0 atom stereocenters. The Bertz CT molecular complexity index is 1450. The van der Waals surface area contributed by atoms with Gasteiger partial charge >= 0.3 is 5.69 Å². The average molecular weight is 454 g/mol. The summed E-state index contributed by atoms with van der Waals surface area (Å²) >= 11 is 0. The molecule has 0 bridgehead atoms. The summed E-state index contributed by atoms with van der Waals surface area (Å²) in [6.45, 7) is 7.12. The number of aromatic nitrogens is 5. The van der Waals surface area contributed by atoms with Crippen molar-refractivity contribution in [2.75, 3.05) is 14.2 Å². The summed E-state index contributed by atoms with van der Waals surface area (Å²) in [5, 5.41) is 0. The molecule has 0 spiro atoms. The van der Waals surface area contributed by atoms with Crippen LogP contribution in [0.1, 0.15) is 36.7 Å². The van der Waals surface area contributed by atoms with Gasteiger partial charge in [-0.05, 0) is 44.4 Å². The molecule has 0 amide bonds. The predicted octanol–water partition coefficient (Wildman–Crippen LogP) is 2.83. The number of nitrogens with zero attached hydrogens (tertiary/aromatic N) is 5. The largest absolute Gasteiger partial charge is 0.493 e. The predicted molar refractivity (Wildman–Crippen MR) is 128 cm³/mol. The Balaban J connectivity index is 1.82. The van der Waals surface area contributed by atoms with E-state index in [4.69, 9.17) is 14.5 Å². The highest BCUT2D eigenvalue weighted by Crippen LogP contribution is 2.28. The summed E-state index contributed by atoms with van der Waals surface area (Å²) in [5.41, 5.74) is 3.33. The Hall–Kier alpha value is -3.49. The molecule has 0 aliphatic heterocycles. The maximum Gasteiger partial charge on any atom is 0.332 e. The third-order valence-corrected chi connectivity index (χ3v) is 6.44. The first-order valence-electron chi connectivity index (χ1n) is 11.2. The standard InChI is InChI=1S/C24H31N5O4/c1-7-8-12-28-22(30)20-21(26(4)24(28)31)25-23-27(15(2)16(3)29(20)23)13-11-17-9-10-18(32-5)19(14-17)33-6/h9-10,14H,7-8,11-13H2,1-6H3. The van der Waals surface area contributed by atoms with Gasteiger partial charge in [0.2, 0.25) is 5.78 Å². The smallest absolute Gasteiger partial charge is 0.332 e. The number of hydrogen-bond donors (Lipinski definition) is 0. The lowest BCUT2D eigenvalue weighted by Gasteiger charge is -2.11. The number of imidazole rings is 2. The number of hydrogen-bond acceptors (Lipinski definition) is 5. The third kappa shape index (κ3) is 3.61. The molecule has 33 heavy (non-hydrogen) atoms. The van der Waals surface area contributed by atoms with Crippen molar-refractivity contribution in [2.24, 2.45) is 7.05 Å². The van der Waals surface area contributed by atoms with Gasteiger partial charge in [0.15, 0.2) is 22.7 Å². The van der Waals surface area contributed by atoms with Crippen molar-refractivity contribution in [1.29, 1.82) is 0 Å². The number of rotatable bonds is 8. The van der Waals surface area contributed by atoms with Crippen LogP contribution in [-0.2, 0) is 26.6 Å². The SMILES string of the molecule is CCCCn1c(=O)c2c(nc3n(CCc4ccc(OC)c(OC)c4)c(C)c(C)n23)n(C)c1=O. The number of methoxy groups -OCH3 is 2. The summed E-state index contributed by atoms with van der Waals surface area (Å²) in [6.07, 6.45) is 2.42. The molecule has 0 fully saturated rings. The minimum absolute atomic E-state index is 0.283. The molecule has 0 saturated heterocycles. The van der Waals surface area contributed by atoms with E-state index in [9.17, 15) is 9.59 Å². The van der Waals surface area contributed by atoms with Crippen LogP contribution in [0.5, 0.6) is 11.5 Å². The van der Waals surface area contributed by atoms with Gasteiger partial charge in [0.1, 0.15) is 0 Å². The third-order valence-electron chi connectivity index (χ3n) is 6.44. The number of unbranched alkanes of at least 4 members (excludes halogenated alkanes) is 1. The van der Waals surface area contributed by atoms with Crippen molar-refractivity contribution in [3.63, 3.8) is 0 Å². The van der Waals surface area contributed by atoms with Crippen molar-refractivity contribution in [2.45, 2.75) is 53.1 Å². The second-order valence-corrected chi connectivity index (χ2v) is 8.33. The Morgan fingerprint density at radius 1 is 0.970 bits per heavy atom. The quantitative estimate of drug-likeness (QED) is 0.410. The topological polar surface area (TPSA) is 84.7 Å². The molecule has 176 valence electrons. The monoisotopic (exact) mass is 453 g/mol. The number of ether oxygens (including phenoxy) is 2. The van der Waals surface area contributed by atoms with Gasteiger partial charge in [-0.25, -0.2) is 4.79 Å². The minimum Gasteiger partial charge on any atom is -0.493 e. The van der Waals surface area contributed by atoms with Crippen LogP contribution < -0.4 is 20.7 Å². The molecule has 0 aliphatic rings. The van der Waals surface area contributed by atoms with Crippen LogP contribution in [0.15, 0.2) is 27.8 Å². The highest BCUT2D eigenvalue weighted by Gasteiger charge is 2.22. The molecular formula is C24H31N5O4. The zero-order valence-electron chi connectivity index (χ0n) is 20.1. The van der Waals surface area contributed by atoms with E-state index in [1.807, 2.05) is 43.4 Å². The first kappa shape index (κ1) is 22.7. The van der Waals surface area contributed by atoms with Gasteiger partial charge < -0.3 is 14.0 Å². The molecule has 9 heteroatoms. The first-order chi connectivity index (χ1) is 15.8. The molecule has 4 rings (SSSR count). The number of aryl methyl sites for hydroxylation is 4. The van der Waals surface area contributed by atoms with Crippen LogP contribution >= 0.6 is 0 Å². The summed E-state index contributed by atoms with van der Waals surface area (Å²) in [6, 6.07) is 5.89. The maximum atomic E-state index is 13.3. The lowest BCUT2D eigenvalue weighted by atomic mass is 10.1. The highest BCUT2D eigenvalue weighted by molar-refractivity contribution is 5.76. The zero-order chi connectivity index (χ0) is 23.9. The van der Waals surface area contributed by atoms with Crippen LogP contribution in [0.4, 0.5) is 0 Å². The van der Waals surface area contributed by atoms with E-state index in [2.05, 4.69) is 4.57 Å². The Morgan fingerprint density at radius 2 is 1.70 bits per heavy atom. The average Bonchev–Trinajstić information content (AvgIpc) is 3.32. The van der Waals surface area contributed by atoms with Crippen molar-refractivity contribution in [3.05, 3.63) is 56.0 Å². The van der Waals surface area contributed by atoms with E-state index in [0.29, 0.717) is 41.5 Å². The Kier molecular flexibility index (Phi) is 6.05. The van der Waals surface area contributed by atoms with E-state index in [1.54, 1.807) is 21.3 Å².